The van der Waals surface area contributed by atoms with Gasteiger partial charge in [-0.2, -0.15) is 0 Å². The Balaban J connectivity index is 1.69. The number of carbonyl (C=O) groups excluding carboxylic acids is 1. The molecule has 1 aromatic rings. The monoisotopic (exact) mass is 475 g/mol. The highest BCUT2D eigenvalue weighted by atomic mass is 35.5. The lowest BCUT2D eigenvalue weighted by Crippen LogP contribution is -2.42. The summed E-state index contributed by atoms with van der Waals surface area (Å²) in [6.07, 6.45) is 10.9. The van der Waals surface area contributed by atoms with Crippen molar-refractivity contribution in [3.8, 4) is 0 Å². The van der Waals surface area contributed by atoms with E-state index in [-0.39, 0.29) is 11.3 Å². The molecule has 2 aliphatic heterocycles. The Morgan fingerprint density at radius 1 is 1.06 bits per heavy atom. The van der Waals surface area contributed by atoms with Crippen LogP contribution in [0.2, 0.25) is 10.0 Å². The van der Waals surface area contributed by atoms with Crippen molar-refractivity contribution in [3.05, 3.63) is 74.8 Å². The van der Waals surface area contributed by atoms with Crippen molar-refractivity contribution in [1.82, 2.24) is 10.2 Å². The van der Waals surface area contributed by atoms with Gasteiger partial charge >= 0.3 is 0 Å². The summed E-state index contributed by atoms with van der Waals surface area (Å²) >= 11 is 13.9. The summed E-state index contributed by atoms with van der Waals surface area (Å²) in [4.78, 5) is 18.3. The summed E-state index contributed by atoms with van der Waals surface area (Å²) in [5.41, 5.74) is 3.00. The van der Waals surface area contributed by atoms with E-state index in [0.29, 0.717) is 16.6 Å². The Labute approximate surface area is 198 Å². The molecule has 0 aromatic heterocycles. The number of rotatable bonds is 3. The zero-order chi connectivity index (χ0) is 22.0. The first-order chi connectivity index (χ1) is 14.8. The van der Waals surface area contributed by atoms with Gasteiger partial charge in [0.25, 0.3) is 5.91 Å². The molecule has 1 aliphatic carbocycles. The van der Waals surface area contributed by atoms with E-state index in [0.717, 1.165) is 48.1 Å². The van der Waals surface area contributed by atoms with Crippen LogP contribution >= 0.6 is 35.0 Å². The van der Waals surface area contributed by atoms with Crippen molar-refractivity contribution < 1.29 is 4.79 Å². The zero-order valence-corrected chi connectivity index (χ0v) is 20.2. The Hall–Kier alpha value is -1.66. The summed E-state index contributed by atoms with van der Waals surface area (Å²) in [5.74, 6) is 0.835. The second-order valence-corrected chi connectivity index (χ2v) is 10.4. The summed E-state index contributed by atoms with van der Waals surface area (Å²) in [7, 11) is 0. The van der Waals surface area contributed by atoms with Gasteiger partial charge in [0.2, 0.25) is 0 Å². The van der Waals surface area contributed by atoms with Gasteiger partial charge in [0.05, 0.1) is 15.0 Å². The first kappa shape index (κ1) is 22.5. The molecule has 2 fully saturated rings. The van der Waals surface area contributed by atoms with Gasteiger partial charge in [-0.3, -0.25) is 4.79 Å². The number of nitrogens with zero attached hydrogens (tertiary/aromatic N) is 2. The summed E-state index contributed by atoms with van der Waals surface area (Å²) in [6.45, 7) is 8.87. The van der Waals surface area contributed by atoms with Gasteiger partial charge in [-0.05, 0) is 35.9 Å². The van der Waals surface area contributed by atoms with E-state index in [1.165, 1.54) is 5.70 Å². The van der Waals surface area contributed by atoms with E-state index in [1.54, 1.807) is 28.8 Å². The van der Waals surface area contributed by atoms with Crippen LogP contribution in [0.1, 0.15) is 13.8 Å². The number of hydrogen-bond acceptors (Lipinski definition) is 4. The third-order valence-corrected chi connectivity index (χ3v) is 7.38. The maximum atomic E-state index is 13.4. The molecular formula is C24H27Cl2N3OS. The number of halogens is 2. The van der Waals surface area contributed by atoms with E-state index in [9.17, 15) is 4.79 Å². The first-order valence-corrected chi connectivity index (χ1v) is 12.3. The van der Waals surface area contributed by atoms with Crippen molar-refractivity contribution >= 4 is 46.6 Å². The van der Waals surface area contributed by atoms with Crippen LogP contribution in [-0.2, 0) is 4.79 Å². The molecule has 164 valence electrons. The molecular weight excluding hydrogens is 449 g/mol. The predicted octanol–water partition coefficient (Wildman–Crippen LogP) is 5.27. The molecule has 7 heteroatoms. The second kappa shape index (κ2) is 9.45. The zero-order valence-electron chi connectivity index (χ0n) is 17.8. The van der Waals surface area contributed by atoms with Crippen molar-refractivity contribution in [2.75, 3.05) is 43.4 Å². The standard InChI is InChI=1S/C24H27Cl2N3OS/c1-24(2)7-5-17(21(6-8-24)28-11-9-27-10-12-28)15-22-23(30)29(13-14-31-22)18-3-4-19(25)20(26)16-18/h3-8,15-16,27H,9-14H2,1-2H3/b22-15-. The number of amides is 1. The molecule has 2 heterocycles. The van der Waals surface area contributed by atoms with Crippen LogP contribution in [0, 0.1) is 5.41 Å². The average molecular weight is 476 g/mol. The molecule has 3 aliphatic rings. The second-order valence-electron chi connectivity index (χ2n) is 8.48. The van der Waals surface area contributed by atoms with Crippen LogP contribution in [0.4, 0.5) is 5.69 Å². The smallest absolute Gasteiger partial charge is 0.264 e. The molecule has 0 bridgehead atoms. The van der Waals surface area contributed by atoms with Gasteiger partial charge in [0.1, 0.15) is 0 Å². The molecule has 4 rings (SSSR count). The summed E-state index contributed by atoms with van der Waals surface area (Å²) in [5, 5.41) is 4.36. The number of hydrogen-bond donors (Lipinski definition) is 1. The molecule has 31 heavy (non-hydrogen) atoms. The van der Waals surface area contributed by atoms with Crippen LogP contribution in [0.15, 0.2) is 64.8 Å². The molecule has 0 radical (unpaired) electrons. The lowest BCUT2D eigenvalue weighted by Gasteiger charge is -2.32. The maximum Gasteiger partial charge on any atom is 0.264 e. The Morgan fingerprint density at radius 2 is 1.81 bits per heavy atom. The number of anilines is 1. The fourth-order valence-electron chi connectivity index (χ4n) is 3.84. The molecule has 1 amide bonds. The molecule has 4 nitrogen and oxygen atoms in total. The molecule has 0 spiro atoms. The van der Waals surface area contributed by atoms with E-state index < -0.39 is 0 Å². The van der Waals surface area contributed by atoms with E-state index >= 15 is 0 Å². The van der Waals surface area contributed by atoms with E-state index in [1.807, 2.05) is 6.07 Å². The van der Waals surface area contributed by atoms with Gasteiger partial charge in [-0.15, -0.1) is 11.8 Å². The van der Waals surface area contributed by atoms with Crippen molar-refractivity contribution in [2.45, 2.75) is 13.8 Å². The topological polar surface area (TPSA) is 35.6 Å². The van der Waals surface area contributed by atoms with Crippen LogP contribution < -0.4 is 10.2 Å². The molecule has 1 aromatic carbocycles. The van der Waals surface area contributed by atoms with Crippen molar-refractivity contribution in [2.24, 2.45) is 5.41 Å². The van der Waals surface area contributed by atoms with Crippen molar-refractivity contribution in [3.63, 3.8) is 0 Å². The van der Waals surface area contributed by atoms with Gasteiger partial charge in [0, 0.05) is 55.3 Å². The van der Waals surface area contributed by atoms with Crippen LogP contribution in [0.3, 0.4) is 0 Å². The molecule has 0 saturated carbocycles. The van der Waals surface area contributed by atoms with Crippen molar-refractivity contribution in [1.29, 1.82) is 0 Å². The number of benzene rings is 1. The molecule has 0 atom stereocenters. The summed E-state index contributed by atoms with van der Waals surface area (Å²) < 4.78 is 0. The molecule has 2 saturated heterocycles. The van der Waals surface area contributed by atoms with Gasteiger partial charge in [0.15, 0.2) is 0 Å². The predicted molar refractivity (Wildman–Crippen MR) is 133 cm³/mol. The van der Waals surface area contributed by atoms with Crippen LogP contribution in [0.25, 0.3) is 0 Å². The fraction of sp³-hybridized carbons (Fsp3) is 0.375. The highest BCUT2D eigenvalue weighted by Crippen LogP contribution is 2.34. The normalized spacial score (nSPS) is 23.0. The van der Waals surface area contributed by atoms with E-state index in [4.69, 9.17) is 23.2 Å². The van der Waals surface area contributed by atoms with Crippen LogP contribution in [-0.4, -0.2) is 49.3 Å². The number of allylic oxidation sites excluding steroid dienone is 6. The Bertz CT molecular complexity index is 991. The average Bonchev–Trinajstić information content (AvgIpc) is 2.90. The first-order valence-electron chi connectivity index (χ1n) is 10.5. The quantitative estimate of drug-likeness (QED) is 0.603. The number of nitrogens with one attached hydrogen (secondary N) is 1. The van der Waals surface area contributed by atoms with Gasteiger partial charge < -0.3 is 15.1 Å². The molecule has 1 N–H and O–H groups in total. The number of carbonyl (C=O) groups is 1. The number of piperazine rings is 1. The minimum atomic E-state index is -0.0324. The Morgan fingerprint density at radius 3 is 2.55 bits per heavy atom. The Kier molecular flexibility index (Phi) is 6.87. The highest BCUT2D eigenvalue weighted by molar-refractivity contribution is 8.04. The van der Waals surface area contributed by atoms with Gasteiger partial charge in [-0.1, -0.05) is 55.3 Å². The third-order valence-electron chi connectivity index (χ3n) is 5.65. The number of thioether (sulfide) groups is 1. The summed E-state index contributed by atoms with van der Waals surface area (Å²) in [6, 6.07) is 5.35. The largest absolute Gasteiger partial charge is 0.369 e. The molecule has 0 unspecified atom stereocenters. The maximum absolute atomic E-state index is 13.4. The minimum absolute atomic E-state index is 0.00249. The lowest BCUT2D eigenvalue weighted by molar-refractivity contribution is -0.114. The fourth-order valence-corrected chi connectivity index (χ4v) is 5.07. The van der Waals surface area contributed by atoms with E-state index in [2.05, 4.69) is 54.4 Å². The highest BCUT2D eigenvalue weighted by Gasteiger charge is 2.27. The van der Waals surface area contributed by atoms with Crippen LogP contribution in [0.5, 0.6) is 0 Å². The SMILES string of the molecule is CC1(C)C=CC(/C=C2\SCCN(c3ccc(Cl)c(Cl)c3)C2=O)=C(N2CCNCC2)C=C1. The lowest BCUT2D eigenvalue weighted by atomic mass is 9.93. The minimum Gasteiger partial charge on any atom is -0.369 e. The van der Waals surface area contributed by atoms with Gasteiger partial charge in [-0.25, -0.2) is 0 Å². The third kappa shape index (κ3) is 5.23.